The molecule has 0 saturated heterocycles. The van der Waals surface area contributed by atoms with E-state index in [1.165, 1.54) is 12.8 Å². The van der Waals surface area contributed by atoms with Crippen molar-refractivity contribution in [1.82, 2.24) is 5.32 Å². The summed E-state index contributed by atoms with van der Waals surface area (Å²) >= 11 is 0. The Morgan fingerprint density at radius 1 is 1.33 bits per heavy atom. The molecule has 2 unspecified atom stereocenters. The molecule has 1 saturated carbocycles. The number of amides is 1. The normalized spacial score (nSPS) is 25.8. The van der Waals surface area contributed by atoms with Crippen molar-refractivity contribution in [2.24, 2.45) is 17.8 Å². The maximum Gasteiger partial charge on any atom is 0.326 e. The molecular formula is C14H25NO3. The van der Waals surface area contributed by atoms with Crippen LogP contribution in [0.1, 0.15) is 52.9 Å². The van der Waals surface area contributed by atoms with E-state index in [0.717, 1.165) is 12.8 Å². The average molecular weight is 255 g/mol. The summed E-state index contributed by atoms with van der Waals surface area (Å²) in [4.78, 5) is 22.9. The largest absolute Gasteiger partial charge is 0.480 e. The molecule has 104 valence electrons. The first-order valence-electron chi connectivity index (χ1n) is 6.92. The van der Waals surface area contributed by atoms with Gasteiger partial charge in [0.15, 0.2) is 0 Å². The number of hydrogen-bond acceptors (Lipinski definition) is 2. The first kappa shape index (κ1) is 15.0. The third-order valence-electron chi connectivity index (χ3n) is 3.77. The summed E-state index contributed by atoms with van der Waals surface area (Å²) < 4.78 is 0. The monoisotopic (exact) mass is 255 g/mol. The minimum absolute atomic E-state index is 0.0864. The number of rotatable bonds is 5. The number of hydrogen-bond donors (Lipinski definition) is 2. The van der Waals surface area contributed by atoms with Gasteiger partial charge in [-0.3, -0.25) is 4.79 Å². The minimum atomic E-state index is -0.949. The summed E-state index contributed by atoms with van der Waals surface area (Å²) in [6.07, 6.45) is 5.10. The summed E-state index contributed by atoms with van der Waals surface area (Å²) in [5, 5.41) is 11.7. The fourth-order valence-electron chi connectivity index (χ4n) is 2.75. The Morgan fingerprint density at radius 2 is 2.00 bits per heavy atom. The molecule has 0 aromatic rings. The minimum Gasteiger partial charge on any atom is -0.480 e. The smallest absolute Gasteiger partial charge is 0.326 e. The Balaban J connectivity index is 2.42. The lowest BCUT2D eigenvalue weighted by molar-refractivity contribution is -0.143. The molecule has 0 radical (unpaired) electrons. The van der Waals surface area contributed by atoms with E-state index in [9.17, 15) is 9.59 Å². The van der Waals surface area contributed by atoms with Crippen molar-refractivity contribution in [2.75, 3.05) is 0 Å². The molecule has 2 N–H and O–H groups in total. The van der Waals surface area contributed by atoms with Crippen LogP contribution in [0.15, 0.2) is 0 Å². The van der Waals surface area contributed by atoms with Crippen molar-refractivity contribution in [3.05, 3.63) is 0 Å². The van der Waals surface area contributed by atoms with Gasteiger partial charge in [-0.25, -0.2) is 4.79 Å². The molecule has 1 aliphatic carbocycles. The first-order valence-corrected chi connectivity index (χ1v) is 6.92. The highest BCUT2D eigenvalue weighted by Crippen LogP contribution is 2.30. The quantitative estimate of drug-likeness (QED) is 0.793. The fourth-order valence-corrected chi connectivity index (χ4v) is 2.75. The third-order valence-corrected chi connectivity index (χ3v) is 3.77. The van der Waals surface area contributed by atoms with Crippen molar-refractivity contribution in [1.29, 1.82) is 0 Å². The zero-order valence-corrected chi connectivity index (χ0v) is 11.6. The topological polar surface area (TPSA) is 66.4 Å². The number of carbonyl (C=O) groups excluding carboxylic acids is 1. The number of nitrogens with one attached hydrogen (secondary N) is 1. The van der Waals surface area contributed by atoms with Crippen molar-refractivity contribution >= 4 is 11.9 Å². The van der Waals surface area contributed by atoms with Gasteiger partial charge < -0.3 is 10.4 Å². The van der Waals surface area contributed by atoms with Gasteiger partial charge in [-0.1, -0.05) is 33.6 Å². The lowest BCUT2D eigenvalue weighted by Gasteiger charge is -2.27. The predicted molar refractivity (Wildman–Crippen MR) is 70.1 cm³/mol. The summed E-state index contributed by atoms with van der Waals surface area (Å²) in [6, 6.07) is -0.765. The van der Waals surface area contributed by atoms with Crippen LogP contribution < -0.4 is 5.32 Å². The van der Waals surface area contributed by atoms with Gasteiger partial charge in [0, 0.05) is 6.42 Å². The maximum atomic E-state index is 11.9. The molecule has 0 aliphatic heterocycles. The van der Waals surface area contributed by atoms with E-state index in [1.54, 1.807) is 0 Å². The van der Waals surface area contributed by atoms with Gasteiger partial charge in [0.2, 0.25) is 5.91 Å². The zero-order valence-electron chi connectivity index (χ0n) is 11.6. The number of aliphatic carboxylic acids is 1. The van der Waals surface area contributed by atoms with Crippen molar-refractivity contribution < 1.29 is 14.7 Å². The van der Waals surface area contributed by atoms with Crippen molar-refractivity contribution in [3.63, 3.8) is 0 Å². The summed E-state index contributed by atoms with van der Waals surface area (Å²) in [5.41, 5.74) is 0. The standard InChI is InChI=1S/C14H25NO3/c1-9(2)13(14(17)18)15-12(16)8-11-6-4-5-10(3)7-11/h9-11,13H,4-8H2,1-3H3,(H,15,16)(H,17,18)/t10?,11?,13-/m0/s1. The fraction of sp³-hybridized carbons (Fsp3) is 0.857. The van der Waals surface area contributed by atoms with E-state index in [2.05, 4.69) is 12.2 Å². The van der Waals surface area contributed by atoms with Crippen LogP contribution in [0.5, 0.6) is 0 Å². The Kier molecular flexibility index (Phi) is 5.63. The van der Waals surface area contributed by atoms with Crippen LogP contribution >= 0.6 is 0 Å². The zero-order chi connectivity index (χ0) is 13.7. The van der Waals surface area contributed by atoms with Crippen LogP contribution in [-0.2, 0) is 9.59 Å². The first-order chi connectivity index (χ1) is 8.40. The molecule has 1 aliphatic rings. The van der Waals surface area contributed by atoms with E-state index >= 15 is 0 Å². The molecule has 0 bridgehead atoms. The molecular weight excluding hydrogens is 230 g/mol. The van der Waals surface area contributed by atoms with Crippen molar-refractivity contribution in [3.8, 4) is 0 Å². The van der Waals surface area contributed by atoms with E-state index in [4.69, 9.17) is 5.11 Å². The maximum absolute atomic E-state index is 11.9. The molecule has 0 aromatic heterocycles. The van der Waals surface area contributed by atoms with Crippen LogP contribution in [0.3, 0.4) is 0 Å². The van der Waals surface area contributed by atoms with Gasteiger partial charge in [-0.2, -0.15) is 0 Å². The Labute approximate surface area is 109 Å². The number of carbonyl (C=O) groups is 2. The summed E-state index contributed by atoms with van der Waals surface area (Å²) in [5.74, 6) is -0.0328. The molecule has 0 aromatic carbocycles. The predicted octanol–water partition coefficient (Wildman–Crippen LogP) is 2.43. The molecule has 0 spiro atoms. The number of carboxylic acids is 1. The van der Waals surface area contributed by atoms with Crippen LogP contribution in [0, 0.1) is 17.8 Å². The van der Waals surface area contributed by atoms with Crippen LogP contribution in [0.4, 0.5) is 0 Å². The molecule has 0 heterocycles. The van der Waals surface area contributed by atoms with Gasteiger partial charge in [0.05, 0.1) is 0 Å². The molecule has 3 atom stereocenters. The SMILES string of the molecule is CC1CCCC(CC(=O)N[C@H](C(=O)O)C(C)C)C1. The highest BCUT2D eigenvalue weighted by Gasteiger charge is 2.26. The lowest BCUT2D eigenvalue weighted by atomic mass is 9.80. The van der Waals surface area contributed by atoms with E-state index in [-0.39, 0.29) is 11.8 Å². The van der Waals surface area contributed by atoms with Crippen LogP contribution in [0.2, 0.25) is 0 Å². The Morgan fingerprint density at radius 3 is 2.50 bits per heavy atom. The van der Waals surface area contributed by atoms with Gasteiger partial charge in [0.25, 0.3) is 0 Å². The van der Waals surface area contributed by atoms with E-state index in [0.29, 0.717) is 18.3 Å². The van der Waals surface area contributed by atoms with E-state index in [1.807, 2.05) is 13.8 Å². The Hall–Kier alpha value is -1.06. The second-order valence-corrected chi connectivity index (χ2v) is 5.97. The molecule has 1 amide bonds. The average Bonchev–Trinajstić information content (AvgIpc) is 2.25. The van der Waals surface area contributed by atoms with Gasteiger partial charge in [-0.05, 0) is 30.6 Å². The van der Waals surface area contributed by atoms with Gasteiger partial charge in [0.1, 0.15) is 6.04 Å². The molecule has 4 heteroatoms. The summed E-state index contributed by atoms with van der Waals surface area (Å²) in [6.45, 7) is 5.84. The van der Waals surface area contributed by atoms with Gasteiger partial charge >= 0.3 is 5.97 Å². The Bertz CT molecular complexity index is 301. The summed E-state index contributed by atoms with van der Waals surface area (Å²) in [7, 11) is 0. The third kappa shape index (κ3) is 4.67. The second-order valence-electron chi connectivity index (χ2n) is 5.97. The number of carboxylic acid groups (broad SMARTS) is 1. The van der Waals surface area contributed by atoms with Crippen molar-refractivity contribution in [2.45, 2.75) is 58.9 Å². The lowest BCUT2D eigenvalue weighted by Crippen LogP contribution is -2.44. The van der Waals surface area contributed by atoms with Crippen LogP contribution in [0.25, 0.3) is 0 Å². The molecule has 1 rings (SSSR count). The van der Waals surface area contributed by atoms with Crippen LogP contribution in [-0.4, -0.2) is 23.0 Å². The molecule has 18 heavy (non-hydrogen) atoms. The van der Waals surface area contributed by atoms with Gasteiger partial charge in [-0.15, -0.1) is 0 Å². The highest BCUT2D eigenvalue weighted by molar-refractivity contribution is 5.83. The molecule has 1 fully saturated rings. The second kappa shape index (κ2) is 6.76. The highest BCUT2D eigenvalue weighted by atomic mass is 16.4. The molecule has 4 nitrogen and oxygen atoms in total. The van der Waals surface area contributed by atoms with E-state index < -0.39 is 12.0 Å².